The average molecular weight is 410 g/mol. The first kappa shape index (κ1) is 18.5. The van der Waals surface area contributed by atoms with Crippen LogP contribution in [0.5, 0.6) is 0 Å². The number of thiazole rings is 1. The van der Waals surface area contributed by atoms with Crippen molar-refractivity contribution in [3.63, 3.8) is 0 Å². The number of carbonyl (C=O) groups excluding carboxylic acids is 1. The van der Waals surface area contributed by atoms with Gasteiger partial charge in [-0.1, -0.05) is 23.5 Å². The number of benzene rings is 2. The number of sulfonamides is 1. The number of nitrogens with zero attached hydrogens (tertiary/aromatic N) is 1. The average Bonchev–Trinajstić information content (AvgIpc) is 2.94. The molecular formula is C16H14N2O5S3. The predicted octanol–water partition coefficient (Wildman–Crippen LogP) is 2.70. The Morgan fingerprint density at radius 3 is 2.42 bits per heavy atom. The van der Waals surface area contributed by atoms with Crippen molar-refractivity contribution in [3.05, 3.63) is 48.0 Å². The summed E-state index contributed by atoms with van der Waals surface area (Å²) in [6.07, 6.45) is 1.10. The molecule has 0 spiro atoms. The summed E-state index contributed by atoms with van der Waals surface area (Å²) in [7, 11) is -7.30. The molecule has 1 aromatic heterocycles. The molecule has 1 heterocycles. The van der Waals surface area contributed by atoms with Crippen LogP contribution in [0.4, 0.5) is 5.13 Å². The quantitative estimate of drug-likeness (QED) is 0.648. The summed E-state index contributed by atoms with van der Waals surface area (Å²) in [6, 6.07) is 10.1. The zero-order valence-electron chi connectivity index (χ0n) is 13.8. The number of Topliss-reactive ketones (excluding diaryl/α,β-unsaturated/α-hetero) is 1. The van der Waals surface area contributed by atoms with Crippen molar-refractivity contribution in [2.24, 2.45) is 0 Å². The summed E-state index contributed by atoms with van der Waals surface area (Å²) in [5, 5.41) is 0.110. The molecule has 0 radical (unpaired) electrons. The van der Waals surface area contributed by atoms with E-state index in [1.807, 2.05) is 0 Å². The lowest BCUT2D eigenvalue weighted by atomic mass is 10.2. The number of sulfone groups is 1. The predicted molar refractivity (Wildman–Crippen MR) is 100.0 cm³/mol. The van der Waals surface area contributed by atoms with Gasteiger partial charge in [0.05, 0.1) is 20.0 Å². The topological polar surface area (TPSA) is 110 Å². The van der Waals surface area contributed by atoms with Gasteiger partial charge in [-0.15, -0.1) is 0 Å². The van der Waals surface area contributed by atoms with Gasteiger partial charge in [-0.2, -0.15) is 0 Å². The second-order valence-electron chi connectivity index (χ2n) is 5.61. The fourth-order valence-corrected chi connectivity index (χ4v) is 5.14. The maximum Gasteiger partial charge on any atom is 0.263 e. The molecule has 0 aliphatic heterocycles. The molecule has 0 fully saturated rings. The molecule has 0 saturated carbocycles. The summed E-state index contributed by atoms with van der Waals surface area (Å²) >= 11 is 1.03. The van der Waals surface area contributed by atoms with Crippen LogP contribution in [0.3, 0.4) is 0 Å². The normalized spacial score (nSPS) is 12.2. The molecule has 3 aromatic rings. The number of aromatic nitrogens is 1. The van der Waals surface area contributed by atoms with Crippen LogP contribution in [-0.4, -0.2) is 33.9 Å². The Labute approximate surface area is 154 Å². The van der Waals surface area contributed by atoms with Crippen LogP contribution in [-0.2, 0) is 19.9 Å². The molecular weight excluding hydrogens is 396 g/mol. The standard InChI is InChI=1S/C16H14N2O5S3/c1-10(19)11-4-3-5-13(8-11)26(22,23)18-16-17-14-7-6-12(25(2,20)21)9-15(14)24-16/h3-9H,1-2H3,(H,17,18). The third-order valence-corrected chi connectivity index (χ3v) is 7.07. The van der Waals surface area contributed by atoms with Crippen LogP contribution >= 0.6 is 11.3 Å². The van der Waals surface area contributed by atoms with Gasteiger partial charge in [0.25, 0.3) is 10.0 Å². The van der Waals surface area contributed by atoms with E-state index in [-0.39, 0.29) is 26.3 Å². The van der Waals surface area contributed by atoms with Crippen molar-refractivity contribution in [3.8, 4) is 0 Å². The van der Waals surface area contributed by atoms with Crippen molar-refractivity contribution in [1.82, 2.24) is 4.98 Å². The van der Waals surface area contributed by atoms with Crippen LogP contribution in [0.2, 0.25) is 0 Å². The highest BCUT2D eigenvalue weighted by atomic mass is 32.2. The van der Waals surface area contributed by atoms with Gasteiger partial charge in [-0.05, 0) is 37.3 Å². The van der Waals surface area contributed by atoms with E-state index in [1.54, 1.807) is 0 Å². The molecule has 0 atom stereocenters. The Balaban J connectivity index is 1.97. The minimum Gasteiger partial charge on any atom is -0.295 e. The van der Waals surface area contributed by atoms with E-state index in [0.717, 1.165) is 17.6 Å². The molecule has 3 rings (SSSR count). The Morgan fingerprint density at radius 1 is 1.04 bits per heavy atom. The molecule has 0 saturated heterocycles. The number of fused-ring (bicyclic) bond motifs is 1. The second kappa shape index (κ2) is 6.45. The first-order valence-corrected chi connectivity index (χ1v) is 11.5. The van der Waals surface area contributed by atoms with E-state index < -0.39 is 19.9 Å². The highest BCUT2D eigenvalue weighted by Gasteiger charge is 2.18. The Hall–Kier alpha value is -2.30. The summed E-state index contributed by atoms with van der Waals surface area (Å²) in [6.45, 7) is 1.35. The summed E-state index contributed by atoms with van der Waals surface area (Å²) in [5.74, 6) is -0.240. The van der Waals surface area contributed by atoms with E-state index in [1.165, 1.54) is 49.4 Å². The first-order chi connectivity index (χ1) is 12.1. The van der Waals surface area contributed by atoms with Crippen molar-refractivity contribution in [2.45, 2.75) is 16.7 Å². The van der Waals surface area contributed by atoms with Gasteiger partial charge in [0, 0.05) is 11.8 Å². The SMILES string of the molecule is CC(=O)c1cccc(S(=O)(=O)Nc2nc3ccc(S(C)(=O)=O)cc3s2)c1. The van der Waals surface area contributed by atoms with Gasteiger partial charge in [-0.3, -0.25) is 9.52 Å². The lowest BCUT2D eigenvalue weighted by Crippen LogP contribution is -2.13. The van der Waals surface area contributed by atoms with E-state index in [9.17, 15) is 21.6 Å². The Kier molecular flexibility index (Phi) is 4.59. The minimum atomic E-state index is -3.93. The number of hydrogen-bond acceptors (Lipinski definition) is 7. The summed E-state index contributed by atoms with van der Waals surface area (Å²) < 4.78 is 51.2. The summed E-state index contributed by atoms with van der Waals surface area (Å²) in [5.41, 5.74) is 0.771. The van der Waals surface area contributed by atoms with Gasteiger partial charge in [-0.25, -0.2) is 21.8 Å². The van der Waals surface area contributed by atoms with Crippen LogP contribution in [0.25, 0.3) is 10.2 Å². The molecule has 1 N–H and O–H groups in total. The van der Waals surface area contributed by atoms with Gasteiger partial charge < -0.3 is 0 Å². The zero-order valence-corrected chi connectivity index (χ0v) is 16.2. The zero-order chi connectivity index (χ0) is 19.1. The molecule has 2 aromatic carbocycles. The molecule has 0 aliphatic rings. The van der Waals surface area contributed by atoms with Gasteiger partial charge in [0.15, 0.2) is 20.8 Å². The highest BCUT2D eigenvalue weighted by Crippen LogP contribution is 2.29. The number of ketones is 1. The van der Waals surface area contributed by atoms with E-state index in [4.69, 9.17) is 0 Å². The van der Waals surface area contributed by atoms with Gasteiger partial charge in [0.1, 0.15) is 0 Å². The molecule has 0 unspecified atom stereocenters. The molecule has 10 heteroatoms. The molecule has 7 nitrogen and oxygen atoms in total. The van der Waals surface area contributed by atoms with Gasteiger partial charge in [0.2, 0.25) is 0 Å². The van der Waals surface area contributed by atoms with Crippen molar-refractivity contribution in [1.29, 1.82) is 0 Å². The van der Waals surface area contributed by atoms with E-state index in [0.29, 0.717) is 10.2 Å². The van der Waals surface area contributed by atoms with Crippen LogP contribution in [0.1, 0.15) is 17.3 Å². The maximum absolute atomic E-state index is 12.5. The number of hydrogen-bond donors (Lipinski definition) is 1. The van der Waals surface area contributed by atoms with E-state index in [2.05, 4.69) is 9.71 Å². The van der Waals surface area contributed by atoms with Gasteiger partial charge >= 0.3 is 0 Å². The third-order valence-electron chi connectivity index (χ3n) is 3.56. The van der Waals surface area contributed by atoms with Crippen LogP contribution in [0.15, 0.2) is 52.3 Å². The monoisotopic (exact) mass is 410 g/mol. The first-order valence-electron chi connectivity index (χ1n) is 7.31. The Morgan fingerprint density at radius 2 is 1.77 bits per heavy atom. The van der Waals surface area contributed by atoms with Crippen LogP contribution in [0, 0.1) is 0 Å². The van der Waals surface area contributed by atoms with Crippen molar-refractivity contribution in [2.75, 3.05) is 11.0 Å². The smallest absolute Gasteiger partial charge is 0.263 e. The fraction of sp³-hybridized carbons (Fsp3) is 0.125. The lowest BCUT2D eigenvalue weighted by molar-refractivity contribution is 0.101. The van der Waals surface area contributed by atoms with E-state index >= 15 is 0 Å². The fourth-order valence-electron chi connectivity index (χ4n) is 2.24. The Bertz CT molecular complexity index is 1230. The van der Waals surface area contributed by atoms with Crippen molar-refractivity contribution < 1.29 is 21.6 Å². The molecule has 0 amide bonds. The second-order valence-corrected chi connectivity index (χ2v) is 10.3. The van der Waals surface area contributed by atoms with Crippen LogP contribution < -0.4 is 4.72 Å². The maximum atomic E-state index is 12.5. The molecule has 136 valence electrons. The number of rotatable bonds is 5. The summed E-state index contributed by atoms with van der Waals surface area (Å²) in [4.78, 5) is 15.7. The third kappa shape index (κ3) is 3.76. The van der Waals surface area contributed by atoms with Crippen molar-refractivity contribution >= 4 is 52.3 Å². The largest absolute Gasteiger partial charge is 0.295 e. The molecule has 0 aliphatic carbocycles. The minimum absolute atomic E-state index is 0.0544. The lowest BCUT2D eigenvalue weighted by Gasteiger charge is -2.06. The number of anilines is 1. The number of nitrogens with one attached hydrogen (secondary N) is 1. The molecule has 0 bridgehead atoms. The number of carbonyl (C=O) groups is 1. The molecule has 26 heavy (non-hydrogen) atoms. The highest BCUT2D eigenvalue weighted by molar-refractivity contribution is 7.93.